The van der Waals surface area contributed by atoms with Crippen LogP contribution in [0.4, 0.5) is 11.4 Å². The SMILES string of the molecule is Cc1cc(-c2cc(N)c(=O)n(CC(=O)Nc3ccc4c(c3)OCO4)n2)c(C)o1. The van der Waals surface area contributed by atoms with E-state index in [1.54, 1.807) is 31.2 Å². The molecule has 1 aliphatic heterocycles. The Balaban J connectivity index is 1.58. The Morgan fingerprint density at radius 3 is 2.75 bits per heavy atom. The minimum absolute atomic E-state index is 0.000803. The summed E-state index contributed by atoms with van der Waals surface area (Å²) in [6.45, 7) is 3.46. The van der Waals surface area contributed by atoms with Gasteiger partial charge in [0.1, 0.15) is 23.8 Å². The highest BCUT2D eigenvalue weighted by molar-refractivity contribution is 5.91. The smallest absolute Gasteiger partial charge is 0.290 e. The van der Waals surface area contributed by atoms with Crippen molar-refractivity contribution < 1.29 is 18.7 Å². The number of hydrogen-bond donors (Lipinski definition) is 2. The van der Waals surface area contributed by atoms with Gasteiger partial charge in [0.15, 0.2) is 11.5 Å². The van der Waals surface area contributed by atoms with Gasteiger partial charge in [0, 0.05) is 17.3 Å². The van der Waals surface area contributed by atoms with E-state index in [0.717, 1.165) is 4.68 Å². The summed E-state index contributed by atoms with van der Waals surface area (Å²) >= 11 is 0. The molecular weight excluding hydrogens is 364 g/mol. The second-order valence-corrected chi connectivity index (χ2v) is 6.39. The zero-order valence-electron chi connectivity index (χ0n) is 15.3. The number of nitrogen functional groups attached to an aromatic ring is 1. The first-order chi connectivity index (χ1) is 13.4. The van der Waals surface area contributed by atoms with Crippen molar-refractivity contribution in [3.05, 3.63) is 52.2 Å². The van der Waals surface area contributed by atoms with Gasteiger partial charge in [0.2, 0.25) is 12.7 Å². The third kappa shape index (κ3) is 3.29. The van der Waals surface area contributed by atoms with E-state index in [4.69, 9.17) is 19.6 Å². The summed E-state index contributed by atoms with van der Waals surface area (Å²) in [5.41, 5.74) is 7.00. The van der Waals surface area contributed by atoms with Crippen LogP contribution in [-0.4, -0.2) is 22.5 Å². The van der Waals surface area contributed by atoms with Gasteiger partial charge in [-0.05, 0) is 38.1 Å². The van der Waals surface area contributed by atoms with Crippen LogP contribution in [0.1, 0.15) is 11.5 Å². The number of nitrogens with zero attached hydrogens (tertiary/aromatic N) is 2. The number of hydrogen-bond acceptors (Lipinski definition) is 7. The van der Waals surface area contributed by atoms with Gasteiger partial charge in [-0.2, -0.15) is 5.10 Å². The maximum atomic E-state index is 12.4. The fourth-order valence-electron chi connectivity index (χ4n) is 3.00. The molecule has 144 valence electrons. The van der Waals surface area contributed by atoms with Gasteiger partial charge in [-0.1, -0.05) is 0 Å². The largest absolute Gasteiger partial charge is 0.466 e. The molecule has 3 aromatic rings. The fraction of sp³-hybridized carbons (Fsp3) is 0.211. The maximum Gasteiger partial charge on any atom is 0.290 e. The van der Waals surface area contributed by atoms with Crippen molar-refractivity contribution in [1.82, 2.24) is 9.78 Å². The van der Waals surface area contributed by atoms with E-state index in [2.05, 4.69) is 10.4 Å². The van der Waals surface area contributed by atoms with E-state index in [0.29, 0.717) is 40.0 Å². The topological polar surface area (TPSA) is 122 Å². The molecule has 2 aromatic heterocycles. The summed E-state index contributed by atoms with van der Waals surface area (Å²) in [4.78, 5) is 24.7. The standard InChI is InChI=1S/C19H18N4O5/c1-10-5-13(11(2)28-10)15-7-14(20)19(25)23(22-15)8-18(24)21-12-3-4-16-17(6-12)27-9-26-16/h3-7H,8-9,20H2,1-2H3,(H,21,24). The van der Waals surface area contributed by atoms with Crippen LogP contribution in [0.25, 0.3) is 11.3 Å². The van der Waals surface area contributed by atoms with Gasteiger partial charge >= 0.3 is 0 Å². The highest BCUT2D eigenvalue weighted by Gasteiger charge is 2.17. The number of carbonyl (C=O) groups excluding carboxylic acids is 1. The summed E-state index contributed by atoms with van der Waals surface area (Å²) in [5, 5.41) is 6.98. The number of furan rings is 1. The molecule has 28 heavy (non-hydrogen) atoms. The molecule has 1 aromatic carbocycles. The summed E-state index contributed by atoms with van der Waals surface area (Å²) in [6, 6.07) is 8.32. The molecular formula is C19H18N4O5. The number of aromatic nitrogens is 2. The van der Waals surface area contributed by atoms with Crippen molar-refractivity contribution in [3.63, 3.8) is 0 Å². The van der Waals surface area contributed by atoms with E-state index >= 15 is 0 Å². The number of benzene rings is 1. The molecule has 0 aliphatic carbocycles. The third-order valence-electron chi connectivity index (χ3n) is 4.27. The van der Waals surface area contributed by atoms with E-state index in [1.807, 2.05) is 6.92 Å². The van der Waals surface area contributed by atoms with Crippen molar-refractivity contribution in [1.29, 1.82) is 0 Å². The number of rotatable bonds is 4. The van der Waals surface area contributed by atoms with Crippen molar-refractivity contribution in [2.75, 3.05) is 17.8 Å². The fourth-order valence-corrected chi connectivity index (χ4v) is 3.00. The van der Waals surface area contributed by atoms with Crippen LogP contribution in [0.5, 0.6) is 11.5 Å². The number of carbonyl (C=O) groups is 1. The summed E-state index contributed by atoms with van der Waals surface area (Å²) in [5.74, 6) is 2.10. The van der Waals surface area contributed by atoms with Crippen molar-refractivity contribution in [3.8, 4) is 22.8 Å². The lowest BCUT2D eigenvalue weighted by molar-refractivity contribution is -0.117. The Kier molecular flexibility index (Phi) is 4.26. The normalized spacial score (nSPS) is 12.2. The Hall–Kier alpha value is -3.75. The number of nitrogens with two attached hydrogens (primary N) is 1. The zero-order chi connectivity index (χ0) is 19.8. The van der Waals surface area contributed by atoms with Gasteiger partial charge in [0.05, 0.1) is 5.69 Å². The first kappa shape index (κ1) is 17.7. The molecule has 9 heteroatoms. The molecule has 0 saturated heterocycles. The molecule has 3 heterocycles. The number of amides is 1. The maximum absolute atomic E-state index is 12.4. The first-order valence-electron chi connectivity index (χ1n) is 8.55. The predicted octanol–water partition coefficient (Wildman–Crippen LogP) is 2.07. The average Bonchev–Trinajstić information content (AvgIpc) is 3.24. The van der Waals surface area contributed by atoms with Crippen LogP contribution in [0.15, 0.2) is 39.5 Å². The lowest BCUT2D eigenvalue weighted by atomic mass is 10.1. The predicted molar refractivity (Wildman–Crippen MR) is 101 cm³/mol. The van der Waals surface area contributed by atoms with Crippen LogP contribution in [-0.2, 0) is 11.3 Å². The Morgan fingerprint density at radius 1 is 1.21 bits per heavy atom. The lowest BCUT2D eigenvalue weighted by Crippen LogP contribution is -2.31. The van der Waals surface area contributed by atoms with Gasteiger partial charge in [-0.15, -0.1) is 0 Å². The van der Waals surface area contributed by atoms with Gasteiger partial charge in [0.25, 0.3) is 5.56 Å². The first-order valence-corrected chi connectivity index (χ1v) is 8.55. The molecule has 0 atom stereocenters. The van der Waals surface area contributed by atoms with E-state index in [9.17, 15) is 9.59 Å². The summed E-state index contributed by atoms with van der Waals surface area (Å²) < 4.78 is 17.1. The van der Waals surface area contributed by atoms with Crippen LogP contribution in [0, 0.1) is 13.8 Å². The number of ether oxygens (including phenoxy) is 2. The van der Waals surface area contributed by atoms with Crippen LogP contribution in [0.3, 0.4) is 0 Å². The Morgan fingerprint density at radius 2 is 2.00 bits per heavy atom. The highest BCUT2D eigenvalue weighted by Crippen LogP contribution is 2.34. The Labute approximate surface area is 159 Å². The molecule has 3 N–H and O–H groups in total. The molecule has 1 amide bonds. The molecule has 9 nitrogen and oxygen atoms in total. The second-order valence-electron chi connectivity index (χ2n) is 6.39. The van der Waals surface area contributed by atoms with Crippen molar-refractivity contribution in [2.45, 2.75) is 20.4 Å². The van der Waals surface area contributed by atoms with Crippen LogP contribution < -0.4 is 26.1 Å². The Bertz CT molecular complexity index is 1130. The lowest BCUT2D eigenvalue weighted by Gasteiger charge is -2.10. The number of nitrogens with one attached hydrogen (secondary N) is 1. The van der Waals surface area contributed by atoms with Crippen molar-refractivity contribution in [2.24, 2.45) is 0 Å². The molecule has 1 aliphatic rings. The van der Waals surface area contributed by atoms with Gasteiger partial charge in [-0.25, -0.2) is 4.68 Å². The van der Waals surface area contributed by atoms with Crippen LogP contribution in [0.2, 0.25) is 0 Å². The second kappa shape index (κ2) is 6.76. The van der Waals surface area contributed by atoms with E-state index in [1.165, 1.54) is 6.07 Å². The molecule has 0 saturated carbocycles. The molecule has 0 bridgehead atoms. The quantitative estimate of drug-likeness (QED) is 0.708. The highest BCUT2D eigenvalue weighted by atomic mass is 16.7. The van der Waals surface area contributed by atoms with Crippen LogP contribution >= 0.6 is 0 Å². The van der Waals surface area contributed by atoms with Crippen molar-refractivity contribution >= 4 is 17.3 Å². The third-order valence-corrected chi connectivity index (χ3v) is 4.27. The van der Waals surface area contributed by atoms with Gasteiger partial charge in [-0.3, -0.25) is 9.59 Å². The number of anilines is 2. The minimum atomic E-state index is -0.539. The molecule has 0 radical (unpaired) electrons. The molecule has 0 spiro atoms. The minimum Gasteiger partial charge on any atom is -0.466 e. The molecule has 0 fully saturated rings. The van der Waals surface area contributed by atoms with E-state index in [-0.39, 0.29) is 19.0 Å². The van der Waals surface area contributed by atoms with Gasteiger partial charge < -0.3 is 24.9 Å². The monoisotopic (exact) mass is 382 g/mol. The number of fused-ring (bicyclic) bond motifs is 1. The van der Waals surface area contributed by atoms with E-state index < -0.39 is 11.5 Å². The number of aryl methyl sites for hydroxylation is 2. The summed E-state index contributed by atoms with van der Waals surface area (Å²) in [6.07, 6.45) is 0. The summed E-state index contributed by atoms with van der Waals surface area (Å²) in [7, 11) is 0. The molecule has 4 rings (SSSR count). The average molecular weight is 382 g/mol. The molecule has 0 unspecified atom stereocenters. The zero-order valence-corrected chi connectivity index (χ0v) is 15.3.